The van der Waals surface area contributed by atoms with E-state index in [0.29, 0.717) is 36.5 Å². The number of esters is 3. The van der Waals surface area contributed by atoms with Crippen molar-refractivity contribution >= 4 is 17.9 Å². The van der Waals surface area contributed by atoms with Crippen molar-refractivity contribution in [1.82, 2.24) is 15.0 Å². The van der Waals surface area contributed by atoms with Gasteiger partial charge in [0.15, 0.2) is 0 Å². The summed E-state index contributed by atoms with van der Waals surface area (Å²) in [6.45, 7) is 12.7. The molecule has 0 atom stereocenters. The normalized spacial score (nSPS) is 16.2. The number of hydrogen-bond acceptors (Lipinski definition) is 9. The molecule has 0 aliphatic heterocycles. The number of ether oxygens (including phenoxy) is 3. The SMILES string of the molecule is CC(C)Cc1cc(-c2ccccn2)ccc1OC(=O)C1CC(C(=O)Oc2ccc(-c3ccccn3)cc2CC(C)C)CC(C(=O)Oc2ccc(-c3ccccn3)cc2CC(C)C)C1. The third kappa shape index (κ3) is 11.7. The molecule has 3 aromatic carbocycles. The molecule has 0 spiro atoms. The highest BCUT2D eigenvalue weighted by Crippen LogP contribution is 2.39. The third-order valence-corrected chi connectivity index (χ3v) is 11.3. The molecular formula is C54H57N3O6. The summed E-state index contributed by atoms with van der Waals surface area (Å²) in [7, 11) is 0. The van der Waals surface area contributed by atoms with Crippen molar-refractivity contribution in [3.05, 3.63) is 144 Å². The number of aromatic nitrogens is 3. The summed E-state index contributed by atoms with van der Waals surface area (Å²) in [6, 6.07) is 34.5. The number of rotatable bonds is 15. The first-order valence-electron chi connectivity index (χ1n) is 22.2. The van der Waals surface area contributed by atoms with Crippen molar-refractivity contribution in [2.75, 3.05) is 0 Å². The van der Waals surface area contributed by atoms with Gasteiger partial charge in [-0.15, -0.1) is 0 Å². The molecule has 0 unspecified atom stereocenters. The Balaban J connectivity index is 1.17. The topological polar surface area (TPSA) is 118 Å². The van der Waals surface area contributed by atoms with Crippen LogP contribution in [0.2, 0.25) is 0 Å². The molecule has 0 radical (unpaired) electrons. The van der Waals surface area contributed by atoms with Crippen molar-refractivity contribution in [3.63, 3.8) is 0 Å². The van der Waals surface area contributed by atoms with E-state index < -0.39 is 35.7 Å². The largest absolute Gasteiger partial charge is 0.426 e. The van der Waals surface area contributed by atoms with Crippen LogP contribution in [0, 0.1) is 35.5 Å². The molecule has 1 aliphatic rings. The average Bonchev–Trinajstić information content (AvgIpc) is 3.28. The molecule has 1 fully saturated rings. The van der Waals surface area contributed by atoms with Gasteiger partial charge in [-0.25, -0.2) is 0 Å². The van der Waals surface area contributed by atoms with E-state index in [0.717, 1.165) is 50.5 Å². The lowest BCUT2D eigenvalue weighted by Crippen LogP contribution is -2.39. The van der Waals surface area contributed by atoms with Crippen LogP contribution in [0.25, 0.3) is 33.8 Å². The molecule has 0 saturated heterocycles. The summed E-state index contributed by atoms with van der Waals surface area (Å²) in [5, 5.41) is 0. The smallest absolute Gasteiger partial charge is 0.314 e. The highest BCUT2D eigenvalue weighted by Gasteiger charge is 2.42. The van der Waals surface area contributed by atoms with E-state index in [1.54, 1.807) is 18.6 Å². The van der Waals surface area contributed by atoms with Crippen LogP contribution in [-0.4, -0.2) is 32.9 Å². The van der Waals surface area contributed by atoms with Crippen LogP contribution in [0.1, 0.15) is 77.5 Å². The second-order valence-electron chi connectivity index (χ2n) is 18.0. The number of nitrogens with zero attached hydrogens (tertiary/aromatic N) is 3. The van der Waals surface area contributed by atoms with Gasteiger partial charge in [-0.2, -0.15) is 0 Å². The maximum atomic E-state index is 14.4. The highest BCUT2D eigenvalue weighted by atomic mass is 16.5. The summed E-state index contributed by atoms with van der Waals surface area (Å²) >= 11 is 0. The number of benzene rings is 3. The Morgan fingerprint density at radius 1 is 0.444 bits per heavy atom. The van der Waals surface area contributed by atoms with E-state index in [9.17, 15) is 14.4 Å². The Labute approximate surface area is 371 Å². The van der Waals surface area contributed by atoms with E-state index in [4.69, 9.17) is 14.2 Å². The van der Waals surface area contributed by atoms with Gasteiger partial charge in [0, 0.05) is 35.3 Å². The van der Waals surface area contributed by atoms with Gasteiger partial charge in [0.1, 0.15) is 17.2 Å². The van der Waals surface area contributed by atoms with Crippen LogP contribution in [0.15, 0.2) is 128 Å². The van der Waals surface area contributed by atoms with E-state index in [2.05, 4.69) is 56.5 Å². The quantitative estimate of drug-likeness (QED) is 0.0735. The van der Waals surface area contributed by atoms with E-state index >= 15 is 0 Å². The van der Waals surface area contributed by atoms with Gasteiger partial charge in [-0.3, -0.25) is 29.3 Å². The second kappa shape index (κ2) is 20.6. The lowest BCUT2D eigenvalue weighted by Gasteiger charge is -2.32. The minimum Gasteiger partial charge on any atom is -0.426 e. The van der Waals surface area contributed by atoms with Gasteiger partial charge in [0.2, 0.25) is 0 Å². The molecule has 0 amide bonds. The van der Waals surface area contributed by atoms with E-state index in [-0.39, 0.29) is 37.0 Å². The maximum absolute atomic E-state index is 14.4. The monoisotopic (exact) mass is 843 g/mol. The van der Waals surface area contributed by atoms with Crippen LogP contribution < -0.4 is 14.2 Å². The summed E-state index contributed by atoms with van der Waals surface area (Å²) in [4.78, 5) is 56.6. The minimum absolute atomic E-state index is 0.163. The number of carbonyl (C=O) groups excluding carboxylic acids is 3. The summed E-state index contributed by atoms with van der Waals surface area (Å²) in [5.41, 5.74) is 7.86. The Morgan fingerprint density at radius 3 is 0.968 bits per heavy atom. The molecule has 7 rings (SSSR count). The number of pyridine rings is 3. The fourth-order valence-electron chi connectivity index (χ4n) is 8.39. The molecule has 3 heterocycles. The van der Waals surface area contributed by atoms with Crippen molar-refractivity contribution in [1.29, 1.82) is 0 Å². The molecule has 0 bridgehead atoms. The van der Waals surface area contributed by atoms with Crippen molar-refractivity contribution in [2.24, 2.45) is 35.5 Å². The Hall–Kier alpha value is -6.48. The van der Waals surface area contributed by atoms with Gasteiger partial charge >= 0.3 is 17.9 Å². The van der Waals surface area contributed by atoms with Gasteiger partial charge in [0.25, 0.3) is 0 Å². The summed E-state index contributed by atoms with van der Waals surface area (Å²) < 4.78 is 18.7. The van der Waals surface area contributed by atoms with Crippen molar-refractivity contribution in [3.8, 4) is 51.0 Å². The highest BCUT2D eigenvalue weighted by molar-refractivity contribution is 5.83. The zero-order valence-corrected chi connectivity index (χ0v) is 37.1. The molecule has 1 aliphatic carbocycles. The van der Waals surface area contributed by atoms with E-state index in [1.165, 1.54) is 0 Å². The zero-order chi connectivity index (χ0) is 44.5. The van der Waals surface area contributed by atoms with Crippen LogP contribution in [0.5, 0.6) is 17.2 Å². The predicted molar refractivity (Wildman–Crippen MR) is 246 cm³/mol. The van der Waals surface area contributed by atoms with Crippen LogP contribution in [0.3, 0.4) is 0 Å². The van der Waals surface area contributed by atoms with Crippen LogP contribution in [-0.2, 0) is 33.6 Å². The van der Waals surface area contributed by atoms with Gasteiger partial charge < -0.3 is 14.2 Å². The minimum atomic E-state index is -0.778. The Bertz CT molecular complexity index is 2220. The summed E-state index contributed by atoms with van der Waals surface area (Å²) in [5.74, 6) is -1.62. The van der Waals surface area contributed by atoms with Crippen molar-refractivity contribution in [2.45, 2.75) is 80.1 Å². The van der Waals surface area contributed by atoms with E-state index in [1.807, 2.05) is 109 Å². The van der Waals surface area contributed by atoms with Crippen LogP contribution >= 0.6 is 0 Å². The molecule has 63 heavy (non-hydrogen) atoms. The van der Waals surface area contributed by atoms with Gasteiger partial charge in [-0.1, -0.05) is 59.7 Å². The molecular weight excluding hydrogens is 787 g/mol. The van der Waals surface area contributed by atoms with Gasteiger partial charge in [-0.05, 0) is 164 Å². The molecule has 6 aromatic rings. The van der Waals surface area contributed by atoms with Crippen molar-refractivity contribution < 1.29 is 28.6 Å². The summed E-state index contributed by atoms with van der Waals surface area (Å²) in [6.07, 6.45) is 7.77. The third-order valence-electron chi connectivity index (χ3n) is 11.3. The molecule has 324 valence electrons. The number of carbonyl (C=O) groups is 3. The fraction of sp³-hybridized carbons (Fsp3) is 0.333. The fourth-order valence-corrected chi connectivity index (χ4v) is 8.39. The molecule has 3 aromatic heterocycles. The lowest BCUT2D eigenvalue weighted by atomic mass is 9.75. The molecule has 0 N–H and O–H groups in total. The first kappa shape index (κ1) is 44.6. The standard InChI is InChI=1S/C54H57N3O6/c1-34(2)25-40-28-37(46-13-7-10-22-55-46)16-19-49(40)61-52(58)43-31-44(53(59)62-50-20-17-38(29-41(50)26-35(3)4)47-14-8-11-23-56-47)33-45(32-43)54(60)63-51-21-18-39(30-42(51)27-36(5)6)48-15-9-12-24-57-48/h7-24,28-30,34-36,43-45H,25-27,31-33H2,1-6H3. The molecule has 9 nitrogen and oxygen atoms in total. The zero-order valence-electron chi connectivity index (χ0n) is 37.1. The second-order valence-corrected chi connectivity index (χ2v) is 18.0. The van der Waals surface area contributed by atoms with Crippen LogP contribution in [0.4, 0.5) is 0 Å². The maximum Gasteiger partial charge on any atom is 0.314 e. The predicted octanol–water partition coefficient (Wildman–Crippen LogP) is 11.6. The van der Waals surface area contributed by atoms with Gasteiger partial charge in [0.05, 0.1) is 34.8 Å². The Morgan fingerprint density at radius 2 is 0.730 bits per heavy atom. The molecule has 1 saturated carbocycles. The number of hydrogen-bond donors (Lipinski definition) is 0. The first-order chi connectivity index (χ1) is 30.4. The first-order valence-corrected chi connectivity index (χ1v) is 22.2. The lowest BCUT2D eigenvalue weighted by molar-refractivity contribution is -0.150. The Kier molecular flexibility index (Phi) is 14.6. The average molecular weight is 844 g/mol. The molecule has 9 heteroatoms.